The van der Waals surface area contributed by atoms with Crippen LogP contribution >= 0.6 is 11.3 Å². The van der Waals surface area contributed by atoms with Gasteiger partial charge >= 0.3 is 12.1 Å². The second kappa shape index (κ2) is 10.1. The number of carbonyl (C=O) groups excluding carboxylic acids is 2. The van der Waals surface area contributed by atoms with Crippen molar-refractivity contribution < 1.29 is 32.4 Å². The molecule has 0 saturated heterocycles. The molecule has 2 N–H and O–H groups in total. The number of nitro groups is 1. The molecule has 0 saturated carbocycles. The summed E-state index contributed by atoms with van der Waals surface area (Å²) in [5.74, 6) is -0.952. The normalized spacial score (nSPS) is 12.1. The van der Waals surface area contributed by atoms with Gasteiger partial charge in [-0.15, -0.1) is 11.3 Å². The van der Waals surface area contributed by atoms with Crippen molar-refractivity contribution in [2.24, 2.45) is 0 Å². The van der Waals surface area contributed by atoms with Gasteiger partial charge in [0.05, 0.1) is 30.1 Å². The summed E-state index contributed by atoms with van der Waals surface area (Å²) in [5.41, 5.74) is -2.02. The molecule has 1 amide bonds. The largest absolute Gasteiger partial charge is 0.469 e. The summed E-state index contributed by atoms with van der Waals surface area (Å²) in [7, 11) is 1.23. The molecule has 0 bridgehead atoms. The second-order valence-electron chi connectivity index (χ2n) is 6.08. The highest BCUT2D eigenvalue weighted by Gasteiger charge is 2.33. The lowest BCUT2D eigenvalue weighted by molar-refractivity contribution is -0.384. The van der Waals surface area contributed by atoms with Gasteiger partial charge in [0.25, 0.3) is 5.69 Å². The Balaban J connectivity index is 1.99. The molecule has 0 aliphatic rings. The molecule has 1 atom stereocenters. The Hall–Kier alpha value is -3.15. The number of thiophene rings is 1. The first-order valence-corrected chi connectivity index (χ1v) is 9.49. The van der Waals surface area contributed by atoms with Crippen molar-refractivity contribution in [1.29, 1.82) is 0 Å². The van der Waals surface area contributed by atoms with E-state index >= 15 is 0 Å². The summed E-state index contributed by atoms with van der Waals surface area (Å²) in [6, 6.07) is 5.03. The summed E-state index contributed by atoms with van der Waals surface area (Å²) < 4.78 is 42.9. The lowest BCUT2D eigenvalue weighted by atomic mass is 10.1. The second-order valence-corrected chi connectivity index (χ2v) is 7.06. The van der Waals surface area contributed by atoms with Crippen LogP contribution < -0.4 is 10.6 Å². The van der Waals surface area contributed by atoms with Gasteiger partial charge < -0.3 is 15.4 Å². The number of rotatable bonds is 9. The average molecular weight is 445 g/mol. The number of hydrogen-bond acceptors (Lipinski definition) is 7. The molecular formula is C18H18F3N3O5S. The lowest BCUT2D eigenvalue weighted by Crippen LogP contribution is -2.31. The fourth-order valence-electron chi connectivity index (χ4n) is 2.55. The Morgan fingerprint density at radius 1 is 1.30 bits per heavy atom. The van der Waals surface area contributed by atoms with E-state index in [9.17, 15) is 32.9 Å². The molecular weight excluding hydrogens is 427 g/mol. The monoisotopic (exact) mass is 445 g/mol. The molecule has 12 heteroatoms. The summed E-state index contributed by atoms with van der Waals surface area (Å²) in [6.45, 7) is -0.0621. The number of amides is 1. The number of anilines is 1. The van der Waals surface area contributed by atoms with Gasteiger partial charge in [-0.1, -0.05) is 6.07 Å². The third-order valence-electron chi connectivity index (χ3n) is 4.01. The number of benzene rings is 1. The number of esters is 1. The van der Waals surface area contributed by atoms with E-state index in [0.717, 1.165) is 17.0 Å². The van der Waals surface area contributed by atoms with E-state index < -0.39 is 40.3 Å². The van der Waals surface area contributed by atoms with Crippen LogP contribution in [-0.2, 0) is 20.5 Å². The maximum atomic E-state index is 12.7. The number of hydrogen-bond donors (Lipinski definition) is 2. The molecule has 0 radical (unpaired) electrons. The molecule has 0 spiro atoms. The molecule has 0 fully saturated rings. The Morgan fingerprint density at radius 2 is 2.03 bits per heavy atom. The molecule has 30 heavy (non-hydrogen) atoms. The number of alkyl halides is 3. The van der Waals surface area contributed by atoms with Crippen LogP contribution in [0.1, 0.15) is 29.3 Å². The van der Waals surface area contributed by atoms with Crippen molar-refractivity contribution >= 4 is 34.6 Å². The van der Waals surface area contributed by atoms with Gasteiger partial charge in [0.2, 0.25) is 5.91 Å². The van der Waals surface area contributed by atoms with Crippen molar-refractivity contribution in [1.82, 2.24) is 5.32 Å². The van der Waals surface area contributed by atoms with E-state index in [1.54, 1.807) is 17.5 Å². The fourth-order valence-corrected chi connectivity index (χ4v) is 3.33. The average Bonchev–Trinajstić information content (AvgIpc) is 3.21. The number of nitrogens with one attached hydrogen (secondary N) is 2. The van der Waals surface area contributed by atoms with Gasteiger partial charge in [-0.3, -0.25) is 19.7 Å². The number of nitrogens with zero attached hydrogens (tertiary/aromatic N) is 1. The third kappa shape index (κ3) is 6.44. The minimum atomic E-state index is -4.71. The first kappa shape index (κ1) is 23.1. The molecule has 1 aromatic heterocycles. The standard InChI is InChI=1S/C18H18F3N3O5S/c1-29-17(26)10-13(15-3-2-8-30-15)23-16(25)6-7-22-12-5-4-11(18(19,20)21)9-14(12)24(27)28/h2-5,8-9,13,22H,6-7,10H2,1H3,(H,23,25). The molecule has 162 valence electrons. The number of carbonyl (C=O) groups is 2. The topological polar surface area (TPSA) is 111 Å². The highest BCUT2D eigenvalue weighted by atomic mass is 32.1. The molecule has 2 rings (SSSR count). The van der Waals surface area contributed by atoms with E-state index in [1.165, 1.54) is 18.4 Å². The summed E-state index contributed by atoms with van der Waals surface area (Å²) in [4.78, 5) is 34.7. The number of nitro benzene ring substituents is 1. The van der Waals surface area contributed by atoms with Gasteiger partial charge in [-0.2, -0.15) is 13.2 Å². The molecule has 1 aromatic carbocycles. The zero-order valence-electron chi connectivity index (χ0n) is 15.7. The van der Waals surface area contributed by atoms with Crippen molar-refractivity contribution in [3.05, 3.63) is 56.3 Å². The first-order chi connectivity index (χ1) is 14.1. The van der Waals surface area contributed by atoms with Crippen molar-refractivity contribution in [2.75, 3.05) is 19.0 Å². The first-order valence-electron chi connectivity index (χ1n) is 8.61. The minimum absolute atomic E-state index is 0.0621. The van der Waals surface area contributed by atoms with Crippen LogP contribution in [-0.4, -0.2) is 30.5 Å². The fraction of sp³-hybridized carbons (Fsp3) is 0.333. The molecule has 8 nitrogen and oxygen atoms in total. The highest BCUT2D eigenvalue weighted by molar-refractivity contribution is 7.10. The quantitative estimate of drug-likeness (QED) is 0.344. The maximum absolute atomic E-state index is 12.7. The van der Waals surface area contributed by atoms with Crippen LogP contribution in [0.5, 0.6) is 0 Å². The zero-order chi connectivity index (χ0) is 22.3. The van der Waals surface area contributed by atoms with Crippen LogP contribution in [0.3, 0.4) is 0 Å². The number of halogens is 3. The highest BCUT2D eigenvalue weighted by Crippen LogP contribution is 2.35. The Morgan fingerprint density at radius 3 is 2.60 bits per heavy atom. The molecule has 1 unspecified atom stereocenters. The summed E-state index contributed by atoms with van der Waals surface area (Å²) >= 11 is 1.35. The summed E-state index contributed by atoms with van der Waals surface area (Å²) in [6.07, 6.45) is -4.90. The van der Waals surface area contributed by atoms with Crippen LogP contribution in [0, 0.1) is 10.1 Å². The van der Waals surface area contributed by atoms with Gasteiger partial charge in [0.15, 0.2) is 0 Å². The predicted molar refractivity (Wildman–Crippen MR) is 103 cm³/mol. The van der Waals surface area contributed by atoms with Crippen LogP contribution in [0.15, 0.2) is 35.7 Å². The van der Waals surface area contributed by atoms with Crippen molar-refractivity contribution in [3.8, 4) is 0 Å². The SMILES string of the molecule is COC(=O)CC(NC(=O)CCNc1ccc(C(F)(F)F)cc1[N+](=O)[O-])c1cccs1. The number of methoxy groups -OCH3 is 1. The van der Waals surface area contributed by atoms with Gasteiger partial charge in [0.1, 0.15) is 5.69 Å². The van der Waals surface area contributed by atoms with E-state index in [1.807, 2.05) is 0 Å². The third-order valence-corrected chi connectivity index (χ3v) is 5.00. The Kier molecular flexibility index (Phi) is 7.75. The zero-order valence-corrected chi connectivity index (χ0v) is 16.5. The predicted octanol–water partition coefficient (Wildman–Crippen LogP) is 3.90. The van der Waals surface area contributed by atoms with Crippen molar-refractivity contribution in [2.45, 2.75) is 25.1 Å². The van der Waals surface area contributed by atoms with E-state index in [0.29, 0.717) is 6.07 Å². The molecule has 2 aromatic rings. The molecule has 1 heterocycles. The summed E-state index contributed by atoms with van der Waals surface area (Å²) in [5, 5.41) is 18.2. The van der Waals surface area contributed by atoms with Crippen LogP contribution in [0.2, 0.25) is 0 Å². The van der Waals surface area contributed by atoms with Gasteiger partial charge in [-0.05, 0) is 23.6 Å². The Bertz CT molecular complexity index is 903. The van der Waals surface area contributed by atoms with Crippen LogP contribution in [0.4, 0.5) is 24.5 Å². The molecule has 0 aliphatic carbocycles. The maximum Gasteiger partial charge on any atom is 0.416 e. The lowest BCUT2D eigenvalue weighted by Gasteiger charge is -2.17. The van der Waals surface area contributed by atoms with Crippen LogP contribution in [0.25, 0.3) is 0 Å². The minimum Gasteiger partial charge on any atom is -0.469 e. The van der Waals surface area contributed by atoms with E-state index in [2.05, 4.69) is 15.4 Å². The van der Waals surface area contributed by atoms with E-state index in [-0.39, 0.29) is 25.1 Å². The smallest absolute Gasteiger partial charge is 0.416 e. The van der Waals surface area contributed by atoms with E-state index in [4.69, 9.17) is 0 Å². The van der Waals surface area contributed by atoms with Crippen molar-refractivity contribution in [3.63, 3.8) is 0 Å². The van der Waals surface area contributed by atoms with Gasteiger partial charge in [-0.25, -0.2) is 0 Å². The Labute approximate surface area is 173 Å². The number of ether oxygens (including phenoxy) is 1. The van der Waals surface area contributed by atoms with Gasteiger partial charge in [0, 0.05) is 23.9 Å². The molecule has 0 aliphatic heterocycles.